The molecule has 0 atom stereocenters. The lowest BCUT2D eigenvalue weighted by Gasteiger charge is -2.34. The number of rotatable bonds is 6. The Balaban J connectivity index is 1.52. The van der Waals surface area contributed by atoms with Gasteiger partial charge in [0, 0.05) is 39.1 Å². The molecule has 2 saturated heterocycles. The van der Waals surface area contributed by atoms with E-state index in [0.717, 1.165) is 31.6 Å². The van der Waals surface area contributed by atoms with Gasteiger partial charge < -0.3 is 9.80 Å². The predicted molar refractivity (Wildman–Crippen MR) is 101 cm³/mol. The highest BCUT2D eigenvalue weighted by Crippen LogP contribution is 2.19. The Hall–Kier alpha value is -1.44. The third kappa shape index (κ3) is 4.45. The first-order valence-electron chi connectivity index (χ1n) is 9.60. The van der Waals surface area contributed by atoms with E-state index in [-0.39, 0.29) is 5.91 Å². The number of sulfonamides is 1. The minimum atomic E-state index is -3.47. The molecule has 2 aliphatic heterocycles. The van der Waals surface area contributed by atoms with Crippen molar-refractivity contribution in [3.8, 4) is 0 Å². The standard InChI is InChI=1S/C19H29N3O3S/c1-2-17-5-7-18(8-6-17)26(24,25)22-15-13-21(14-16-22)19(23)9-12-20-10-3-4-11-20/h5-8H,2-4,9-16H2,1H3. The molecule has 0 spiro atoms. The van der Waals surface area contributed by atoms with Crippen molar-refractivity contribution >= 4 is 15.9 Å². The molecular formula is C19H29N3O3S. The van der Waals surface area contributed by atoms with Crippen molar-refractivity contribution in [3.63, 3.8) is 0 Å². The summed E-state index contributed by atoms with van der Waals surface area (Å²) in [6.07, 6.45) is 3.87. The highest BCUT2D eigenvalue weighted by Gasteiger charge is 2.30. The van der Waals surface area contributed by atoms with Crippen LogP contribution in [0.25, 0.3) is 0 Å². The molecule has 3 rings (SSSR count). The Labute approximate surface area is 156 Å². The second kappa shape index (κ2) is 8.50. The second-order valence-electron chi connectivity index (χ2n) is 7.08. The molecule has 0 saturated carbocycles. The molecule has 1 aromatic rings. The maximum Gasteiger partial charge on any atom is 0.243 e. The molecule has 0 unspecified atom stereocenters. The maximum atomic E-state index is 12.8. The normalized spacial score (nSPS) is 19.8. The van der Waals surface area contributed by atoms with Gasteiger partial charge in [-0.1, -0.05) is 19.1 Å². The van der Waals surface area contributed by atoms with E-state index >= 15 is 0 Å². The van der Waals surface area contributed by atoms with E-state index in [1.54, 1.807) is 12.1 Å². The smallest absolute Gasteiger partial charge is 0.243 e. The SMILES string of the molecule is CCc1ccc(S(=O)(=O)N2CCN(C(=O)CCN3CCCC3)CC2)cc1. The van der Waals surface area contributed by atoms with E-state index in [1.807, 2.05) is 24.0 Å². The average molecular weight is 380 g/mol. The van der Waals surface area contributed by atoms with Crippen LogP contribution in [-0.2, 0) is 21.2 Å². The lowest BCUT2D eigenvalue weighted by Crippen LogP contribution is -2.50. The van der Waals surface area contributed by atoms with Crippen molar-refractivity contribution in [2.75, 3.05) is 45.8 Å². The molecule has 1 aromatic carbocycles. The lowest BCUT2D eigenvalue weighted by atomic mass is 10.2. The molecule has 2 fully saturated rings. The quantitative estimate of drug-likeness (QED) is 0.753. The van der Waals surface area contributed by atoms with Crippen LogP contribution in [0.2, 0.25) is 0 Å². The van der Waals surface area contributed by atoms with Crippen molar-refractivity contribution < 1.29 is 13.2 Å². The number of hydrogen-bond acceptors (Lipinski definition) is 4. The number of carbonyl (C=O) groups excluding carboxylic acids is 1. The zero-order valence-electron chi connectivity index (χ0n) is 15.6. The molecule has 0 aliphatic carbocycles. The van der Waals surface area contributed by atoms with Gasteiger partial charge in [0.05, 0.1) is 4.90 Å². The molecule has 144 valence electrons. The molecule has 0 N–H and O–H groups in total. The summed E-state index contributed by atoms with van der Waals surface area (Å²) >= 11 is 0. The zero-order chi connectivity index (χ0) is 18.6. The van der Waals surface area contributed by atoms with Gasteiger partial charge in [-0.3, -0.25) is 4.79 Å². The van der Waals surface area contributed by atoms with Crippen LogP contribution in [0.4, 0.5) is 0 Å². The van der Waals surface area contributed by atoms with Crippen molar-refractivity contribution in [2.24, 2.45) is 0 Å². The number of hydrogen-bond donors (Lipinski definition) is 0. The summed E-state index contributed by atoms with van der Waals surface area (Å²) < 4.78 is 27.1. The third-order valence-corrected chi connectivity index (χ3v) is 7.31. The highest BCUT2D eigenvalue weighted by molar-refractivity contribution is 7.89. The van der Waals surface area contributed by atoms with Crippen LogP contribution in [0.15, 0.2) is 29.2 Å². The van der Waals surface area contributed by atoms with E-state index in [2.05, 4.69) is 4.90 Å². The molecule has 2 heterocycles. The minimum absolute atomic E-state index is 0.140. The van der Waals surface area contributed by atoms with Crippen molar-refractivity contribution in [1.29, 1.82) is 0 Å². The van der Waals surface area contributed by atoms with Gasteiger partial charge >= 0.3 is 0 Å². The number of carbonyl (C=O) groups is 1. The first-order valence-corrected chi connectivity index (χ1v) is 11.0. The van der Waals surface area contributed by atoms with Crippen molar-refractivity contribution in [1.82, 2.24) is 14.1 Å². The fourth-order valence-electron chi connectivity index (χ4n) is 3.64. The largest absolute Gasteiger partial charge is 0.340 e. The number of aryl methyl sites for hydroxylation is 1. The Morgan fingerprint density at radius 3 is 2.15 bits per heavy atom. The number of piperazine rings is 1. The monoisotopic (exact) mass is 379 g/mol. The summed E-state index contributed by atoms with van der Waals surface area (Å²) in [6, 6.07) is 7.10. The Morgan fingerprint density at radius 2 is 1.58 bits per heavy atom. The summed E-state index contributed by atoms with van der Waals surface area (Å²) in [7, 11) is -3.47. The Morgan fingerprint density at radius 1 is 0.962 bits per heavy atom. The van der Waals surface area contributed by atoms with Crippen molar-refractivity contribution in [3.05, 3.63) is 29.8 Å². The van der Waals surface area contributed by atoms with E-state index in [0.29, 0.717) is 37.5 Å². The van der Waals surface area contributed by atoms with Crippen molar-refractivity contribution in [2.45, 2.75) is 37.5 Å². The molecule has 0 aromatic heterocycles. The molecule has 6 nitrogen and oxygen atoms in total. The molecule has 1 amide bonds. The van der Waals surface area contributed by atoms with Gasteiger partial charge in [0.1, 0.15) is 0 Å². The third-order valence-electron chi connectivity index (χ3n) is 5.40. The van der Waals surface area contributed by atoms with E-state index < -0.39 is 10.0 Å². The molecule has 26 heavy (non-hydrogen) atoms. The summed E-state index contributed by atoms with van der Waals surface area (Å²) in [5.74, 6) is 0.140. The van der Waals surface area contributed by atoms with E-state index in [4.69, 9.17) is 0 Å². The number of amides is 1. The molecule has 7 heteroatoms. The van der Waals surface area contributed by atoms with Gasteiger partial charge in [0.2, 0.25) is 15.9 Å². The van der Waals surface area contributed by atoms with Gasteiger partial charge in [-0.15, -0.1) is 0 Å². The number of likely N-dealkylation sites (tertiary alicyclic amines) is 1. The summed E-state index contributed by atoms with van der Waals surface area (Å²) in [6.45, 7) is 6.74. The first kappa shape index (κ1) is 19.3. The fourth-order valence-corrected chi connectivity index (χ4v) is 5.06. The maximum absolute atomic E-state index is 12.8. The average Bonchev–Trinajstić information content (AvgIpc) is 3.20. The summed E-state index contributed by atoms with van der Waals surface area (Å²) in [5.41, 5.74) is 1.12. The van der Waals surface area contributed by atoms with E-state index in [1.165, 1.54) is 17.1 Å². The lowest BCUT2D eigenvalue weighted by molar-refractivity contribution is -0.132. The van der Waals surface area contributed by atoms with Gasteiger partial charge in [-0.05, 0) is 50.0 Å². The predicted octanol–water partition coefficient (Wildman–Crippen LogP) is 1.57. The van der Waals surface area contributed by atoms with Crippen LogP contribution in [0.5, 0.6) is 0 Å². The van der Waals surface area contributed by atoms with Crippen LogP contribution in [0.1, 0.15) is 31.7 Å². The summed E-state index contributed by atoms with van der Waals surface area (Å²) in [4.78, 5) is 16.9. The number of benzene rings is 1. The Kier molecular flexibility index (Phi) is 6.32. The van der Waals surface area contributed by atoms with Gasteiger partial charge in [0.15, 0.2) is 0 Å². The molecule has 2 aliphatic rings. The molecule has 0 bridgehead atoms. The summed E-state index contributed by atoms with van der Waals surface area (Å²) in [5, 5.41) is 0. The van der Waals surface area contributed by atoms with Crippen LogP contribution < -0.4 is 0 Å². The van der Waals surface area contributed by atoms with Gasteiger partial charge in [-0.25, -0.2) is 8.42 Å². The van der Waals surface area contributed by atoms with Crippen LogP contribution >= 0.6 is 0 Å². The van der Waals surface area contributed by atoms with Gasteiger partial charge in [-0.2, -0.15) is 4.31 Å². The highest BCUT2D eigenvalue weighted by atomic mass is 32.2. The topological polar surface area (TPSA) is 60.9 Å². The van der Waals surface area contributed by atoms with Crippen LogP contribution in [-0.4, -0.2) is 74.2 Å². The van der Waals surface area contributed by atoms with Crippen LogP contribution in [0.3, 0.4) is 0 Å². The molecule has 0 radical (unpaired) electrons. The zero-order valence-corrected chi connectivity index (χ0v) is 16.4. The molecular weight excluding hydrogens is 350 g/mol. The fraction of sp³-hybridized carbons (Fsp3) is 0.632. The van der Waals surface area contributed by atoms with E-state index in [9.17, 15) is 13.2 Å². The second-order valence-corrected chi connectivity index (χ2v) is 9.02. The number of nitrogens with zero attached hydrogens (tertiary/aromatic N) is 3. The van der Waals surface area contributed by atoms with Gasteiger partial charge in [0.25, 0.3) is 0 Å². The first-order chi connectivity index (χ1) is 12.5. The van der Waals surface area contributed by atoms with Crippen LogP contribution in [0, 0.1) is 0 Å². The minimum Gasteiger partial charge on any atom is -0.340 e. The Bertz CT molecular complexity index is 704.